The van der Waals surface area contributed by atoms with E-state index in [4.69, 9.17) is 5.73 Å². The minimum Gasteiger partial charge on any atom is -0.369 e. The lowest BCUT2D eigenvalue weighted by molar-refractivity contribution is -0.117. The van der Waals surface area contributed by atoms with E-state index in [1.54, 1.807) is 0 Å². The van der Waals surface area contributed by atoms with Crippen LogP contribution < -0.4 is 5.73 Å². The molecule has 0 aliphatic carbocycles. The first-order valence-electron chi connectivity index (χ1n) is 6.92. The summed E-state index contributed by atoms with van der Waals surface area (Å²) in [4.78, 5) is 18.7. The van der Waals surface area contributed by atoms with E-state index in [0.717, 1.165) is 11.6 Å². The molecule has 0 saturated heterocycles. The summed E-state index contributed by atoms with van der Waals surface area (Å²) in [5.41, 5.74) is 4.45. The van der Waals surface area contributed by atoms with E-state index in [1.165, 1.54) is 30.6 Å². The molecule has 0 aliphatic rings. The van der Waals surface area contributed by atoms with Crippen molar-refractivity contribution in [3.8, 4) is 5.82 Å². The molecule has 0 fully saturated rings. The van der Waals surface area contributed by atoms with Gasteiger partial charge in [0, 0.05) is 18.5 Å². The van der Waals surface area contributed by atoms with Crippen LogP contribution in [0.4, 0.5) is 13.2 Å². The van der Waals surface area contributed by atoms with Crippen LogP contribution in [-0.4, -0.2) is 25.7 Å². The molecule has 0 radical (unpaired) electrons. The monoisotopic (exact) mass is 335 g/mol. The number of hydrogen-bond acceptors (Lipinski definition) is 4. The van der Waals surface area contributed by atoms with Crippen molar-refractivity contribution in [3.05, 3.63) is 47.8 Å². The number of amides is 1. The van der Waals surface area contributed by atoms with Crippen LogP contribution in [0.5, 0.6) is 0 Å². The number of alkyl halides is 2. The number of primary amides is 1. The van der Waals surface area contributed by atoms with Crippen LogP contribution in [0.25, 0.3) is 16.7 Å². The van der Waals surface area contributed by atoms with Gasteiger partial charge >= 0.3 is 0 Å². The third-order valence-electron chi connectivity index (χ3n) is 3.36. The summed E-state index contributed by atoms with van der Waals surface area (Å²) in [6.45, 7) is 0.718. The van der Waals surface area contributed by atoms with Crippen LogP contribution in [-0.2, 0) is 17.1 Å². The van der Waals surface area contributed by atoms with Crippen molar-refractivity contribution >= 4 is 16.8 Å². The van der Waals surface area contributed by atoms with Gasteiger partial charge in [-0.15, -0.1) is 0 Å². The molecule has 0 atom stereocenters. The number of nitrogens with two attached hydrogens (primary N) is 1. The number of carbonyl (C=O) groups excluding carboxylic acids is 1. The molecule has 124 valence electrons. The van der Waals surface area contributed by atoms with Crippen molar-refractivity contribution in [3.63, 3.8) is 0 Å². The van der Waals surface area contributed by atoms with Gasteiger partial charge in [-0.2, -0.15) is 13.9 Å². The standard InChI is InChI=1S/C15H12F3N5O/c1-15(17,18)10-3-2-4-12(22-10)23-14-8(7-21-23)6-20-9(13(14)16)5-11(19)24/h2-4,6-7H,5H2,1H3,(H2,19,24). The molecule has 0 spiro atoms. The maximum atomic E-state index is 14.6. The van der Waals surface area contributed by atoms with E-state index in [2.05, 4.69) is 15.1 Å². The SMILES string of the molecule is CC(F)(F)c1cccc(-n2ncc3cnc(CC(N)=O)c(F)c32)n1. The molecule has 9 heteroatoms. The lowest BCUT2D eigenvalue weighted by atomic mass is 10.2. The molecule has 3 aromatic heterocycles. The zero-order valence-corrected chi connectivity index (χ0v) is 12.5. The number of hydrogen-bond donors (Lipinski definition) is 1. The Labute approximate surface area is 134 Å². The Morgan fingerprint density at radius 3 is 2.75 bits per heavy atom. The fourth-order valence-electron chi connectivity index (χ4n) is 2.26. The molecule has 3 aromatic rings. The van der Waals surface area contributed by atoms with Crippen LogP contribution in [0.2, 0.25) is 0 Å². The molecule has 3 rings (SSSR count). The van der Waals surface area contributed by atoms with Gasteiger partial charge in [-0.1, -0.05) is 6.07 Å². The lowest BCUT2D eigenvalue weighted by Gasteiger charge is -2.11. The first-order valence-corrected chi connectivity index (χ1v) is 6.92. The summed E-state index contributed by atoms with van der Waals surface area (Å²) in [5.74, 6) is -4.65. The summed E-state index contributed by atoms with van der Waals surface area (Å²) in [7, 11) is 0. The maximum absolute atomic E-state index is 14.6. The zero-order valence-electron chi connectivity index (χ0n) is 12.5. The van der Waals surface area contributed by atoms with Crippen LogP contribution >= 0.6 is 0 Å². The molecule has 0 aromatic carbocycles. The number of fused-ring (bicyclic) bond motifs is 1. The Kier molecular flexibility index (Phi) is 3.70. The Morgan fingerprint density at radius 2 is 2.08 bits per heavy atom. The number of halogens is 3. The molecule has 1 amide bonds. The average Bonchev–Trinajstić information content (AvgIpc) is 2.94. The number of carbonyl (C=O) groups is 1. The van der Waals surface area contributed by atoms with Gasteiger partial charge in [-0.3, -0.25) is 9.78 Å². The lowest BCUT2D eigenvalue weighted by Crippen LogP contribution is -2.16. The number of aromatic nitrogens is 4. The van der Waals surface area contributed by atoms with Gasteiger partial charge in [0.05, 0.1) is 18.3 Å². The average molecular weight is 335 g/mol. The van der Waals surface area contributed by atoms with Crippen LogP contribution in [0.15, 0.2) is 30.6 Å². The normalized spacial score (nSPS) is 11.8. The van der Waals surface area contributed by atoms with E-state index in [-0.39, 0.29) is 23.4 Å². The topological polar surface area (TPSA) is 86.7 Å². The van der Waals surface area contributed by atoms with Crippen molar-refractivity contribution in [2.45, 2.75) is 19.3 Å². The second-order valence-electron chi connectivity index (χ2n) is 5.29. The van der Waals surface area contributed by atoms with Crippen LogP contribution in [0, 0.1) is 5.82 Å². The number of pyridine rings is 2. The first kappa shape index (κ1) is 15.9. The summed E-state index contributed by atoms with van der Waals surface area (Å²) in [6, 6.07) is 3.98. The van der Waals surface area contributed by atoms with Crippen molar-refractivity contribution in [1.29, 1.82) is 0 Å². The van der Waals surface area contributed by atoms with Crippen molar-refractivity contribution in [2.75, 3.05) is 0 Å². The minimum atomic E-state index is -3.14. The van der Waals surface area contributed by atoms with Crippen molar-refractivity contribution in [1.82, 2.24) is 19.7 Å². The van der Waals surface area contributed by atoms with Gasteiger partial charge < -0.3 is 5.73 Å². The van der Waals surface area contributed by atoms with Gasteiger partial charge in [0.15, 0.2) is 11.6 Å². The largest absolute Gasteiger partial charge is 0.369 e. The van der Waals surface area contributed by atoms with Crippen LogP contribution in [0.1, 0.15) is 18.3 Å². The van der Waals surface area contributed by atoms with E-state index in [9.17, 15) is 18.0 Å². The van der Waals surface area contributed by atoms with E-state index in [0.29, 0.717) is 5.39 Å². The Bertz CT molecular complexity index is 932. The van der Waals surface area contributed by atoms with Crippen molar-refractivity contribution < 1.29 is 18.0 Å². The van der Waals surface area contributed by atoms with Crippen molar-refractivity contribution in [2.24, 2.45) is 5.73 Å². The molecule has 3 heterocycles. The maximum Gasteiger partial charge on any atom is 0.287 e. The number of rotatable bonds is 4. The molecule has 2 N–H and O–H groups in total. The fraction of sp³-hybridized carbons (Fsp3) is 0.200. The first-order chi connectivity index (χ1) is 11.3. The predicted molar refractivity (Wildman–Crippen MR) is 79.1 cm³/mol. The quantitative estimate of drug-likeness (QED) is 0.791. The van der Waals surface area contributed by atoms with Gasteiger partial charge in [-0.05, 0) is 12.1 Å². The highest BCUT2D eigenvalue weighted by Gasteiger charge is 2.27. The van der Waals surface area contributed by atoms with Gasteiger partial charge in [-0.25, -0.2) is 14.1 Å². The summed E-state index contributed by atoms with van der Waals surface area (Å²) in [6.07, 6.45) is 2.28. The van der Waals surface area contributed by atoms with E-state index < -0.39 is 23.3 Å². The summed E-state index contributed by atoms with van der Waals surface area (Å²) < 4.78 is 42.6. The zero-order chi connectivity index (χ0) is 17.5. The van der Waals surface area contributed by atoms with E-state index >= 15 is 0 Å². The second kappa shape index (κ2) is 5.59. The van der Waals surface area contributed by atoms with Crippen LogP contribution in [0.3, 0.4) is 0 Å². The second-order valence-corrected chi connectivity index (χ2v) is 5.29. The minimum absolute atomic E-state index is 0.00896. The summed E-state index contributed by atoms with van der Waals surface area (Å²) >= 11 is 0. The Morgan fingerprint density at radius 1 is 1.33 bits per heavy atom. The third kappa shape index (κ3) is 2.80. The highest BCUT2D eigenvalue weighted by Crippen LogP contribution is 2.27. The smallest absolute Gasteiger partial charge is 0.287 e. The molecule has 0 saturated carbocycles. The molecule has 0 bridgehead atoms. The molecule has 6 nitrogen and oxygen atoms in total. The molecule has 24 heavy (non-hydrogen) atoms. The number of nitrogens with zero attached hydrogens (tertiary/aromatic N) is 4. The molecular formula is C15H12F3N5O. The third-order valence-corrected chi connectivity index (χ3v) is 3.36. The molecule has 0 unspecified atom stereocenters. The van der Waals surface area contributed by atoms with E-state index in [1.807, 2.05) is 0 Å². The predicted octanol–water partition coefficient (Wildman–Crippen LogP) is 2.09. The summed E-state index contributed by atoms with van der Waals surface area (Å²) in [5, 5.41) is 4.33. The highest BCUT2D eigenvalue weighted by molar-refractivity contribution is 5.82. The molecular weight excluding hydrogens is 323 g/mol. The Hall–Kier alpha value is -2.97. The fourth-order valence-corrected chi connectivity index (χ4v) is 2.26. The molecule has 0 aliphatic heterocycles. The highest BCUT2D eigenvalue weighted by atomic mass is 19.3. The van der Waals surface area contributed by atoms with Gasteiger partial charge in [0.2, 0.25) is 5.91 Å². The van der Waals surface area contributed by atoms with Gasteiger partial charge in [0.25, 0.3) is 5.92 Å². The Balaban J connectivity index is 2.19. The van der Waals surface area contributed by atoms with Gasteiger partial charge in [0.1, 0.15) is 11.2 Å².